The van der Waals surface area contributed by atoms with Crippen molar-refractivity contribution in [3.8, 4) is 0 Å². The monoisotopic (exact) mass is 277 g/mol. The smallest absolute Gasteiger partial charge is 0.128 e. The van der Waals surface area contributed by atoms with Crippen LogP contribution in [0.15, 0.2) is 12.1 Å². The van der Waals surface area contributed by atoms with Crippen LogP contribution in [0.2, 0.25) is 0 Å². The van der Waals surface area contributed by atoms with Crippen molar-refractivity contribution in [3.05, 3.63) is 23.4 Å². The maximum Gasteiger partial charge on any atom is 0.128 e. The van der Waals surface area contributed by atoms with Gasteiger partial charge in [0.05, 0.1) is 6.61 Å². The molecule has 0 amide bonds. The van der Waals surface area contributed by atoms with Gasteiger partial charge in [0, 0.05) is 32.4 Å². The number of anilines is 1. The molecule has 1 aromatic rings. The Morgan fingerprint density at radius 3 is 2.95 bits per heavy atom. The van der Waals surface area contributed by atoms with Crippen LogP contribution in [0.5, 0.6) is 0 Å². The molecule has 1 fully saturated rings. The first kappa shape index (κ1) is 15.3. The Hall–Kier alpha value is -1.13. The molecule has 1 aromatic heterocycles. The fourth-order valence-electron chi connectivity index (χ4n) is 2.75. The summed E-state index contributed by atoms with van der Waals surface area (Å²) in [5, 5.41) is 3.22. The summed E-state index contributed by atoms with van der Waals surface area (Å²) in [6, 6.07) is 4.39. The zero-order valence-electron chi connectivity index (χ0n) is 13.0. The number of aryl methyl sites for hydroxylation is 1. The first-order valence-corrected chi connectivity index (χ1v) is 7.66. The standard InChI is InChI=1S/C16H27N3O/c1-4-15-8-14(10-17-2)9-16(18-15)19(3)11-13-6-5-7-20-12-13/h8-9,13,17H,4-7,10-12H2,1-3H3. The first-order chi connectivity index (χ1) is 9.72. The van der Waals surface area contributed by atoms with E-state index in [4.69, 9.17) is 9.72 Å². The van der Waals surface area contributed by atoms with Crippen molar-refractivity contribution in [2.24, 2.45) is 5.92 Å². The van der Waals surface area contributed by atoms with Gasteiger partial charge in [0.15, 0.2) is 0 Å². The van der Waals surface area contributed by atoms with Gasteiger partial charge in [-0.2, -0.15) is 0 Å². The van der Waals surface area contributed by atoms with Crippen molar-refractivity contribution in [3.63, 3.8) is 0 Å². The van der Waals surface area contributed by atoms with Gasteiger partial charge in [-0.25, -0.2) is 4.98 Å². The lowest BCUT2D eigenvalue weighted by Gasteiger charge is -2.28. The Balaban J connectivity index is 2.06. The molecule has 1 aliphatic rings. The van der Waals surface area contributed by atoms with Gasteiger partial charge in [-0.15, -0.1) is 0 Å². The van der Waals surface area contributed by atoms with E-state index in [1.54, 1.807) is 0 Å². The SMILES string of the molecule is CCc1cc(CNC)cc(N(C)CC2CCCOC2)n1. The summed E-state index contributed by atoms with van der Waals surface area (Å²) in [5.74, 6) is 1.72. The number of hydrogen-bond acceptors (Lipinski definition) is 4. The second kappa shape index (κ2) is 7.60. The zero-order chi connectivity index (χ0) is 14.4. The quantitative estimate of drug-likeness (QED) is 0.865. The topological polar surface area (TPSA) is 37.4 Å². The van der Waals surface area contributed by atoms with Crippen LogP contribution in [0.3, 0.4) is 0 Å². The largest absolute Gasteiger partial charge is 0.381 e. The van der Waals surface area contributed by atoms with E-state index in [0.717, 1.165) is 38.5 Å². The van der Waals surface area contributed by atoms with Crippen molar-refractivity contribution < 1.29 is 4.74 Å². The molecule has 4 heteroatoms. The highest BCUT2D eigenvalue weighted by atomic mass is 16.5. The molecule has 4 nitrogen and oxygen atoms in total. The van der Waals surface area contributed by atoms with Crippen molar-refractivity contribution in [1.82, 2.24) is 10.3 Å². The summed E-state index contributed by atoms with van der Waals surface area (Å²) >= 11 is 0. The summed E-state index contributed by atoms with van der Waals surface area (Å²) in [6.45, 7) is 5.89. The lowest BCUT2D eigenvalue weighted by Crippen LogP contribution is -2.31. The van der Waals surface area contributed by atoms with Gasteiger partial charge >= 0.3 is 0 Å². The molecule has 1 unspecified atom stereocenters. The number of aromatic nitrogens is 1. The third-order valence-corrected chi connectivity index (χ3v) is 3.85. The van der Waals surface area contributed by atoms with Gasteiger partial charge in [-0.3, -0.25) is 0 Å². The van der Waals surface area contributed by atoms with Gasteiger partial charge in [0.1, 0.15) is 5.82 Å². The molecule has 2 rings (SSSR count). The van der Waals surface area contributed by atoms with Crippen LogP contribution < -0.4 is 10.2 Å². The summed E-state index contributed by atoms with van der Waals surface area (Å²) < 4.78 is 5.57. The van der Waals surface area contributed by atoms with E-state index in [1.165, 1.54) is 24.1 Å². The Morgan fingerprint density at radius 2 is 2.30 bits per heavy atom. The summed E-state index contributed by atoms with van der Waals surface area (Å²) in [7, 11) is 4.12. The highest BCUT2D eigenvalue weighted by Crippen LogP contribution is 2.19. The minimum atomic E-state index is 0.633. The van der Waals surface area contributed by atoms with E-state index < -0.39 is 0 Å². The highest BCUT2D eigenvalue weighted by molar-refractivity contribution is 5.42. The Morgan fingerprint density at radius 1 is 1.45 bits per heavy atom. The van der Waals surface area contributed by atoms with Crippen LogP contribution in [0, 0.1) is 5.92 Å². The number of hydrogen-bond donors (Lipinski definition) is 1. The minimum Gasteiger partial charge on any atom is -0.381 e. The van der Waals surface area contributed by atoms with Gasteiger partial charge in [0.2, 0.25) is 0 Å². The second-order valence-electron chi connectivity index (χ2n) is 5.67. The van der Waals surface area contributed by atoms with Crippen LogP contribution in [-0.4, -0.2) is 38.8 Å². The molecule has 112 valence electrons. The predicted molar refractivity (Wildman–Crippen MR) is 83.2 cm³/mol. The molecule has 0 spiro atoms. The Bertz CT molecular complexity index is 416. The van der Waals surface area contributed by atoms with Crippen molar-refractivity contribution in [2.75, 3.05) is 38.8 Å². The molecule has 1 atom stereocenters. The predicted octanol–water partition coefficient (Wildman–Crippen LogP) is 2.23. The number of rotatable bonds is 6. The fraction of sp³-hybridized carbons (Fsp3) is 0.688. The Kier molecular flexibility index (Phi) is 5.80. The number of ether oxygens (including phenoxy) is 1. The van der Waals surface area contributed by atoms with Crippen LogP contribution in [-0.2, 0) is 17.7 Å². The molecule has 1 aliphatic heterocycles. The molecule has 0 saturated carbocycles. The van der Waals surface area contributed by atoms with Gasteiger partial charge in [-0.1, -0.05) is 6.92 Å². The minimum absolute atomic E-state index is 0.633. The van der Waals surface area contributed by atoms with Gasteiger partial charge in [-0.05, 0) is 49.9 Å². The summed E-state index contributed by atoms with van der Waals surface area (Å²) in [6.07, 6.45) is 3.43. The number of nitrogens with one attached hydrogen (secondary N) is 1. The molecule has 0 aliphatic carbocycles. The number of pyridine rings is 1. The second-order valence-corrected chi connectivity index (χ2v) is 5.67. The third-order valence-electron chi connectivity index (χ3n) is 3.85. The first-order valence-electron chi connectivity index (χ1n) is 7.66. The van der Waals surface area contributed by atoms with Crippen LogP contribution in [0.4, 0.5) is 5.82 Å². The number of nitrogens with zero attached hydrogens (tertiary/aromatic N) is 2. The lowest BCUT2D eigenvalue weighted by atomic mass is 10.0. The zero-order valence-corrected chi connectivity index (χ0v) is 13.0. The van der Waals surface area contributed by atoms with E-state index in [1.807, 2.05) is 7.05 Å². The normalized spacial score (nSPS) is 19.1. The summed E-state index contributed by atoms with van der Waals surface area (Å²) in [5.41, 5.74) is 2.47. The van der Waals surface area contributed by atoms with E-state index in [-0.39, 0.29) is 0 Å². The van der Waals surface area contributed by atoms with Crippen molar-refractivity contribution >= 4 is 5.82 Å². The molecule has 20 heavy (non-hydrogen) atoms. The molecule has 1 saturated heterocycles. The van der Waals surface area contributed by atoms with E-state index in [0.29, 0.717) is 5.92 Å². The molecule has 2 heterocycles. The Labute approximate surface area is 122 Å². The molecule has 0 radical (unpaired) electrons. The molecular weight excluding hydrogens is 250 g/mol. The average molecular weight is 277 g/mol. The molecule has 0 bridgehead atoms. The van der Waals surface area contributed by atoms with Gasteiger partial charge in [0.25, 0.3) is 0 Å². The van der Waals surface area contributed by atoms with E-state index >= 15 is 0 Å². The maximum absolute atomic E-state index is 5.57. The lowest BCUT2D eigenvalue weighted by molar-refractivity contribution is 0.0576. The van der Waals surface area contributed by atoms with E-state index in [9.17, 15) is 0 Å². The molecule has 1 N–H and O–H groups in total. The molecule has 0 aromatic carbocycles. The molecular formula is C16H27N3O. The average Bonchev–Trinajstić information content (AvgIpc) is 2.48. The van der Waals surface area contributed by atoms with Crippen LogP contribution in [0.25, 0.3) is 0 Å². The highest BCUT2D eigenvalue weighted by Gasteiger charge is 2.17. The third kappa shape index (κ3) is 4.18. The van der Waals surface area contributed by atoms with Crippen molar-refractivity contribution in [1.29, 1.82) is 0 Å². The van der Waals surface area contributed by atoms with Crippen LogP contribution >= 0.6 is 0 Å². The van der Waals surface area contributed by atoms with Crippen LogP contribution in [0.1, 0.15) is 31.0 Å². The maximum atomic E-state index is 5.57. The van der Waals surface area contributed by atoms with Crippen molar-refractivity contribution in [2.45, 2.75) is 32.7 Å². The van der Waals surface area contributed by atoms with E-state index in [2.05, 4.69) is 36.3 Å². The summed E-state index contributed by atoms with van der Waals surface area (Å²) in [4.78, 5) is 7.03. The van der Waals surface area contributed by atoms with Gasteiger partial charge < -0.3 is 15.0 Å². The fourth-order valence-corrected chi connectivity index (χ4v) is 2.75.